The van der Waals surface area contributed by atoms with Gasteiger partial charge in [0.15, 0.2) is 0 Å². The molecule has 0 spiro atoms. The van der Waals surface area contributed by atoms with E-state index in [-0.39, 0.29) is 5.41 Å². The maximum Gasteiger partial charge on any atom is 0.245 e. The summed E-state index contributed by atoms with van der Waals surface area (Å²) in [5.74, 6) is -0.438. The number of nitrogens with one attached hydrogen (secondary N) is 2. The molecule has 11 heteroatoms. The molecule has 0 radical (unpaired) electrons. The second-order valence-corrected chi connectivity index (χ2v) is 12.1. The molecule has 1 fully saturated rings. The molecule has 11 nitrogen and oxygen atoms in total. The van der Waals surface area contributed by atoms with Crippen molar-refractivity contribution >= 4 is 39.1 Å². The van der Waals surface area contributed by atoms with Gasteiger partial charge < -0.3 is 16.4 Å². The highest BCUT2D eigenvalue weighted by Gasteiger charge is 2.52. The molecule has 5 aromatic rings. The Kier molecular flexibility index (Phi) is 6.66. The van der Waals surface area contributed by atoms with E-state index in [4.69, 9.17) is 5.73 Å². The van der Waals surface area contributed by atoms with Crippen molar-refractivity contribution in [3.63, 3.8) is 0 Å². The zero-order chi connectivity index (χ0) is 30.4. The van der Waals surface area contributed by atoms with Crippen LogP contribution in [0.1, 0.15) is 62.0 Å². The van der Waals surface area contributed by atoms with E-state index in [1.54, 1.807) is 23.1 Å². The fraction of sp³-hybridized carbons (Fsp3) is 0.281. The molecule has 0 bridgehead atoms. The van der Waals surface area contributed by atoms with Gasteiger partial charge in [0.1, 0.15) is 23.4 Å². The van der Waals surface area contributed by atoms with Gasteiger partial charge in [0.25, 0.3) is 0 Å². The number of nitrogens with two attached hydrogens (primary N) is 1. The van der Waals surface area contributed by atoms with Gasteiger partial charge in [-0.05, 0) is 48.1 Å². The molecular formula is C32H30N10O. The summed E-state index contributed by atoms with van der Waals surface area (Å²) < 4.78 is 1.56. The molecule has 1 atom stereocenters. The number of primary amides is 1. The number of carbonyl (C=O) groups is 1. The molecule has 0 aliphatic heterocycles. The van der Waals surface area contributed by atoms with Crippen LogP contribution in [-0.2, 0) is 10.3 Å². The molecule has 4 N–H and O–H groups in total. The Bertz CT molecular complexity index is 1970. The first-order valence-corrected chi connectivity index (χ1v) is 14.0. The van der Waals surface area contributed by atoms with Crippen LogP contribution < -0.4 is 16.4 Å². The number of pyridine rings is 2. The number of anilines is 2. The molecule has 0 unspecified atom stereocenters. The second-order valence-electron chi connectivity index (χ2n) is 12.1. The summed E-state index contributed by atoms with van der Waals surface area (Å²) in [6.45, 7) is 6.91. The van der Waals surface area contributed by atoms with E-state index in [0.717, 1.165) is 16.5 Å². The number of amides is 1. The van der Waals surface area contributed by atoms with Crippen molar-refractivity contribution in [2.24, 2.45) is 11.1 Å². The molecule has 1 aliphatic carbocycles. The van der Waals surface area contributed by atoms with Crippen LogP contribution in [0.3, 0.4) is 0 Å². The number of nitriles is 2. The van der Waals surface area contributed by atoms with Gasteiger partial charge in [0.2, 0.25) is 5.91 Å². The van der Waals surface area contributed by atoms with Gasteiger partial charge in [0.05, 0.1) is 40.1 Å². The highest BCUT2D eigenvalue weighted by atomic mass is 16.2. The lowest BCUT2D eigenvalue weighted by atomic mass is 9.96. The lowest BCUT2D eigenvalue weighted by Crippen LogP contribution is -2.34. The third kappa shape index (κ3) is 5.06. The van der Waals surface area contributed by atoms with Crippen LogP contribution in [0.2, 0.25) is 0 Å². The molecule has 1 saturated carbocycles. The van der Waals surface area contributed by atoms with Crippen molar-refractivity contribution in [3.05, 3.63) is 83.4 Å². The summed E-state index contributed by atoms with van der Waals surface area (Å²) >= 11 is 0. The minimum atomic E-state index is -0.861. The highest BCUT2D eigenvalue weighted by Crippen LogP contribution is 2.43. The predicted molar refractivity (Wildman–Crippen MR) is 163 cm³/mol. The Morgan fingerprint density at radius 2 is 1.88 bits per heavy atom. The Labute approximate surface area is 248 Å². The standard InChI is InChI=1S/C32H30N10O/c1-31(2,3)18-38-28-20(15-34)16-37-27-19(14-33)12-21(13-24(27)28)39-29(23-6-4-8-25-22(23)7-5-11-36-25)26-17-42(41-40-26)32(9-10-32)30(35)43/h4-8,11-13,16-17,29,39H,9-10,18H2,1-3H3,(H2,35,43)(H,37,38)/t29-/m0/s1. The number of aromatic nitrogens is 5. The molecule has 0 saturated heterocycles. The van der Waals surface area contributed by atoms with Crippen LogP contribution in [0.5, 0.6) is 0 Å². The largest absolute Gasteiger partial charge is 0.383 e. The van der Waals surface area contributed by atoms with Gasteiger partial charge in [-0.1, -0.05) is 44.2 Å². The highest BCUT2D eigenvalue weighted by molar-refractivity contribution is 5.99. The van der Waals surface area contributed by atoms with E-state index in [0.29, 0.717) is 58.5 Å². The Hall–Kier alpha value is -5.55. The maximum atomic E-state index is 12.2. The monoisotopic (exact) mass is 570 g/mol. The van der Waals surface area contributed by atoms with Gasteiger partial charge in [-0.25, -0.2) is 4.68 Å². The number of carbonyl (C=O) groups excluding carboxylic acids is 1. The van der Waals surface area contributed by atoms with Crippen molar-refractivity contribution in [3.8, 4) is 12.1 Å². The molecule has 3 aromatic heterocycles. The summed E-state index contributed by atoms with van der Waals surface area (Å²) in [5.41, 5.74) is 9.54. The van der Waals surface area contributed by atoms with Crippen molar-refractivity contribution < 1.29 is 4.79 Å². The van der Waals surface area contributed by atoms with Gasteiger partial charge in [0, 0.05) is 35.4 Å². The Balaban J connectivity index is 1.51. The van der Waals surface area contributed by atoms with Gasteiger partial charge in [-0.2, -0.15) is 10.5 Å². The zero-order valence-corrected chi connectivity index (χ0v) is 24.1. The molecular weight excluding hydrogens is 540 g/mol. The third-order valence-electron chi connectivity index (χ3n) is 7.74. The molecule has 214 valence electrons. The van der Waals surface area contributed by atoms with Gasteiger partial charge in [-0.15, -0.1) is 5.10 Å². The van der Waals surface area contributed by atoms with Crippen molar-refractivity contribution in [1.82, 2.24) is 25.0 Å². The SMILES string of the molecule is CC(C)(C)CNc1c(C#N)cnc2c(C#N)cc(N[C@H](c3cn(C4(C(N)=O)CC4)nn3)c3cccc4ncccc34)cc12. The van der Waals surface area contributed by atoms with Crippen LogP contribution in [0, 0.1) is 28.1 Å². The average Bonchev–Trinajstić information content (AvgIpc) is 3.67. The Morgan fingerprint density at radius 3 is 2.58 bits per heavy atom. The van der Waals surface area contributed by atoms with Crippen LogP contribution in [-0.4, -0.2) is 37.4 Å². The molecule has 6 rings (SSSR count). The first kappa shape index (κ1) is 27.6. The van der Waals surface area contributed by atoms with E-state index in [9.17, 15) is 15.3 Å². The number of fused-ring (bicyclic) bond motifs is 2. The van der Waals surface area contributed by atoms with Crippen LogP contribution in [0.15, 0.2) is 61.1 Å². The topological polar surface area (TPSA) is 171 Å². The normalized spacial score (nSPS) is 14.5. The molecule has 1 aliphatic rings. The van der Waals surface area contributed by atoms with E-state index >= 15 is 0 Å². The number of benzene rings is 2. The summed E-state index contributed by atoms with van der Waals surface area (Å²) in [6.07, 6.45) is 6.20. The number of nitrogens with zero attached hydrogens (tertiary/aromatic N) is 7. The fourth-order valence-electron chi connectivity index (χ4n) is 5.28. The first-order valence-electron chi connectivity index (χ1n) is 14.0. The summed E-state index contributed by atoms with van der Waals surface area (Å²) in [5, 5.41) is 37.4. The quantitative estimate of drug-likeness (QED) is 0.238. The van der Waals surface area contributed by atoms with Gasteiger partial charge >= 0.3 is 0 Å². The minimum Gasteiger partial charge on any atom is -0.383 e. The number of hydrogen-bond donors (Lipinski definition) is 3. The molecule has 43 heavy (non-hydrogen) atoms. The maximum absolute atomic E-state index is 12.2. The van der Waals surface area contributed by atoms with Crippen LogP contribution in [0.25, 0.3) is 21.8 Å². The van der Waals surface area contributed by atoms with Crippen molar-refractivity contribution in [1.29, 1.82) is 10.5 Å². The summed E-state index contributed by atoms with van der Waals surface area (Å²) in [6, 6.07) is 17.3. The second kappa shape index (κ2) is 10.4. The summed E-state index contributed by atoms with van der Waals surface area (Å²) in [7, 11) is 0. The van der Waals surface area contributed by atoms with Crippen molar-refractivity contribution in [2.45, 2.75) is 45.2 Å². The lowest BCUT2D eigenvalue weighted by Gasteiger charge is -2.23. The molecule has 1 amide bonds. The third-order valence-corrected chi connectivity index (χ3v) is 7.74. The van der Waals surface area contributed by atoms with Crippen LogP contribution >= 0.6 is 0 Å². The van der Waals surface area contributed by atoms with E-state index < -0.39 is 17.5 Å². The van der Waals surface area contributed by atoms with Crippen molar-refractivity contribution in [2.75, 3.05) is 17.2 Å². The minimum absolute atomic E-state index is 0.0562. The van der Waals surface area contributed by atoms with E-state index in [1.165, 1.54) is 6.20 Å². The van der Waals surface area contributed by atoms with E-state index in [1.807, 2.05) is 36.4 Å². The summed E-state index contributed by atoms with van der Waals surface area (Å²) in [4.78, 5) is 21.2. The van der Waals surface area contributed by atoms with E-state index in [2.05, 4.69) is 63.8 Å². The van der Waals surface area contributed by atoms with Crippen LogP contribution in [0.4, 0.5) is 11.4 Å². The number of rotatable bonds is 8. The fourth-order valence-corrected chi connectivity index (χ4v) is 5.28. The lowest BCUT2D eigenvalue weighted by molar-refractivity contribution is -0.122. The average molecular weight is 571 g/mol. The molecule has 2 aromatic carbocycles. The Morgan fingerprint density at radius 1 is 1.09 bits per heavy atom. The zero-order valence-electron chi connectivity index (χ0n) is 24.1. The van der Waals surface area contributed by atoms with Gasteiger partial charge in [-0.3, -0.25) is 14.8 Å². The molecule has 3 heterocycles. The predicted octanol–water partition coefficient (Wildman–Crippen LogP) is 4.75. The smallest absolute Gasteiger partial charge is 0.245 e. The number of hydrogen-bond acceptors (Lipinski definition) is 9. The first-order chi connectivity index (χ1) is 20.6.